The van der Waals surface area contributed by atoms with E-state index in [2.05, 4.69) is 19.3 Å². The van der Waals surface area contributed by atoms with Crippen LogP contribution in [0.25, 0.3) is 0 Å². The molecule has 56 valence electrons. The number of thiophene rings is 1. The van der Waals surface area contributed by atoms with Crippen molar-refractivity contribution in [3.8, 4) is 0 Å². The Bertz CT molecular complexity index is 207. The second kappa shape index (κ2) is 3.03. The molecule has 3 heteroatoms. The Hall–Kier alpha value is -0.540. The molecule has 1 rings (SSSR count). The van der Waals surface area contributed by atoms with Gasteiger partial charge in [0.05, 0.1) is 0 Å². The van der Waals surface area contributed by atoms with Crippen LogP contribution in [0.4, 0.5) is 5.00 Å². The predicted molar refractivity (Wildman–Crippen MR) is 43.8 cm³/mol. The highest BCUT2D eigenvalue weighted by Gasteiger charge is 2.01. The highest BCUT2D eigenvalue weighted by Crippen LogP contribution is 2.24. The smallest absolute Gasteiger partial charge is 0.113 e. The lowest BCUT2D eigenvalue weighted by atomic mass is 10.1. The standard InChI is InChI=1S/C7H11NOS/c1-5(2)6-3-7(8-9)10-4-6/h3-5,8-9H,1-2H3. The second-order valence-corrected chi connectivity index (χ2v) is 3.42. The van der Waals surface area contributed by atoms with Crippen LogP contribution in [0.2, 0.25) is 0 Å². The van der Waals surface area contributed by atoms with Gasteiger partial charge in [-0.15, -0.1) is 11.3 Å². The molecule has 2 N–H and O–H groups in total. The van der Waals surface area contributed by atoms with Gasteiger partial charge in [-0.3, -0.25) is 10.7 Å². The highest BCUT2D eigenvalue weighted by atomic mass is 32.1. The van der Waals surface area contributed by atoms with E-state index in [9.17, 15) is 0 Å². The van der Waals surface area contributed by atoms with Crippen LogP contribution in [0.15, 0.2) is 11.4 Å². The predicted octanol–water partition coefficient (Wildman–Crippen LogP) is 2.67. The van der Waals surface area contributed by atoms with Gasteiger partial charge in [0.1, 0.15) is 5.00 Å². The summed E-state index contributed by atoms with van der Waals surface area (Å²) in [6.07, 6.45) is 0. The van der Waals surface area contributed by atoms with Crippen molar-refractivity contribution in [2.24, 2.45) is 0 Å². The van der Waals surface area contributed by atoms with Gasteiger partial charge < -0.3 is 0 Å². The first-order chi connectivity index (χ1) is 4.74. The van der Waals surface area contributed by atoms with Gasteiger partial charge >= 0.3 is 0 Å². The van der Waals surface area contributed by atoms with Crippen molar-refractivity contribution in [2.45, 2.75) is 19.8 Å². The SMILES string of the molecule is CC(C)c1csc(NO)c1. The van der Waals surface area contributed by atoms with Crippen molar-refractivity contribution < 1.29 is 5.21 Å². The maximum absolute atomic E-state index is 8.49. The van der Waals surface area contributed by atoms with E-state index in [1.165, 1.54) is 16.9 Å². The topological polar surface area (TPSA) is 32.3 Å². The number of anilines is 1. The lowest BCUT2D eigenvalue weighted by molar-refractivity contribution is 0.391. The van der Waals surface area contributed by atoms with E-state index in [0.717, 1.165) is 5.00 Å². The molecule has 0 aromatic carbocycles. The van der Waals surface area contributed by atoms with Crippen molar-refractivity contribution in [3.05, 3.63) is 17.0 Å². The van der Waals surface area contributed by atoms with Gasteiger partial charge in [-0.05, 0) is 22.9 Å². The summed E-state index contributed by atoms with van der Waals surface area (Å²) in [5.74, 6) is 0.540. The molecular formula is C7H11NOS. The quantitative estimate of drug-likeness (QED) is 0.647. The molecule has 0 unspecified atom stereocenters. The molecule has 1 heterocycles. The van der Waals surface area contributed by atoms with Gasteiger partial charge in [0, 0.05) is 0 Å². The minimum absolute atomic E-state index is 0.540. The molecule has 0 amide bonds. The summed E-state index contributed by atoms with van der Waals surface area (Å²) in [5.41, 5.74) is 3.39. The largest absolute Gasteiger partial charge is 0.290 e. The Balaban J connectivity index is 2.78. The van der Waals surface area contributed by atoms with Crippen LogP contribution in [0.3, 0.4) is 0 Å². The lowest BCUT2D eigenvalue weighted by Gasteiger charge is -1.97. The molecule has 1 aromatic rings. The summed E-state index contributed by atoms with van der Waals surface area (Å²) in [7, 11) is 0. The van der Waals surface area contributed by atoms with E-state index in [1.54, 1.807) is 0 Å². The molecule has 0 radical (unpaired) electrons. The number of nitrogens with one attached hydrogen (secondary N) is 1. The van der Waals surface area contributed by atoms with Crippen molar-refractivity contribution in [1.82, 2.24) is 0 Å². The van der Waals surface area contributed by atoms with Gasteiger partial charge in [0.2, 0.25) is 0 Å². The average molecular weight is 157 g/mol. The zero-order chi connectivity index (χ0) is 7.56. The molecule has 0 bridgehead atoms. The van der Waals surface area contributed by atoms with E-state index < -0.39 is 0 Å². The lowest BCUT2D eigenvalue weighted by Crippen LogP contribution is -1.84. The third kappa shape index (κ3) is 1.49. The van der Waals surface area contributed by atoms with E-state index in [1.807, 2.05) is 11.4 Å². The minimum atomic E-state index is 0.540. The maximum Gasteiger partial charge on any atom is 0.113 e. The van der Waals surface area contributed by atoms with Crippen molar-refractivity contribution >= 4 is 16.3 Å². The van der Waals surface area contributed by atoms with Crippen molar-refractivity contribution in [3.63, 3.8) is 0 Å². The molecular weight excluding hydrogens is 146 g/mol. The first-order valence-corrected chi connectivity index (χ1v) is 4.10. The number of rotatable bonds is 2. The second-order valence-electron chi connectivity index (χ2n) is 2.51. The first-order valence-electron chi connectivity index (χ1n) is 3.22. The molecule has 0 spiro atoms. The van der Waals surface area contributed by atoms with Gasteiger partial charge in [0.15, 0.2) is 0 Å². The molecule has 0 aliphatic carbocycles. The van der Waals surface area contributed by atoms with Crippen LogP contribution in [0.5, 0.6) is 0 Å². The van der Waals surface area contributed by atoms with Gasteiger partial charge in [-0.2, -0.15) is 0 Å². The fourth-order valence-corrected chi connectivity index (χ4v) is 1.57. The Kier molecular flexibility index (Phi) is 2.29. The molecule has 0 aliphatic rings. The summed E-state index contributed by atoms with van der Waals surface area (Å²) in [4.78, 5) is 0. The summed E-state index contributed by atoms with van der Waals surface area (Å²) < 4.78 is 0. The fourth-order valence-electron chi connectivity index (χ4n) is 0.712. The van der Waals surface area contributed by atoms with Crippen LogP contribution < -0.4 is 5.48 Å². The third-order valence-corrected chi connectivity index (χ3v) is 2.25. The van der Waals surface area contributed by atoms with Crippen LogP contribution in [-0.4, -0.2) is 5.21 Å². The van der Waals surface area contributed by atoms with Crippen LogP contribution in [0, 0.1) is 0 Å². The summed E-state index contributed by atoms with van der Waals surface area (Å²) in [6, 6.07) is 1.95. The van der Waals surface area contributed by atoms with E-state index in [0.29, 0.717) is 5.92 Å². The zero-order valence-electron chi connectivity index (χ0n) is 6.09. The van der Waals surface area contributed by atoms with Crippen molar-refractivity contribution in [2.75, 3.05) is 5.48 Å². The van der Waals surface area contributed by atoms with Crippen LogP contribution in [0.1, 0.15) is 25.3 Å². The van der Waals surface area contributed by atoms with E-state index >= 15 is 0 Å². The Labute approximate surface area is 64.5 Å². The minimum Gasteiger partial charge on any atom is -0.290 e. The normalized spacial score (nSPS) is 10.4. The maximum atomic E-state index is 8.49. The number of hydrogen-bond acceptors (Lipinski definition) is 3. The molecule has 0 saturated heterocycles. The summed E-state index contributed by atoms with van der Waals surface area (Å²) in [5, 5.41) is 11.3. The molecule has 1 aromatic heterocycles. The van der Waals surface area contributed by atoms with E-state index in [-0.39, 0.29) is 0 Å². The van der Waals surface area contributed by atoms with Crippen LogP contribution in [-0.2, 0) is 0 Å². The molecule has 0 aliphatic heterocycles. The molecule has 10 heavy (non-hydrogen) atoms. The zero-order valence-corrected chi connectivity index (χ0v) is 6.90. The monoisotopic (exact) mass is 157 g/mol. The fraction of sp³-hybridized carbons (Fsp3) is 0.429. The Morgan fingerprint density at radius 1 is 1.60 bits per heavy atom. The average Bonchev–Trinajstić information content (AvgIpc) is 2.34. The summed E-state index contributed by atoms with van der Waals surface area (Å²) in [6.45, 7) is 4.26. The molecule has 0 fully saturated rings. The van der Waals surface area contributed by atoms with Gasteiger partial charge in [0.25, 0.3) is 0 Å². The first kappa shape index (κ1) is 7.57. The summed E-state index contributed by atoms with van der Waals surface area (Å²) >= 11 is 1.52. The molecule has 0 atom stereocenters. The van der Waals surface area contributed by atoms with Crippen molar-refractivity contribution in [1.29, 1.82) is 0 Å². The Morgan fingerprint density at radius 2 is 2.30 bits per heavy atom. The molecule has 0 saturated carbocycles. The third-order valence-electron chi connectivity index (χ3n) is 1.40. The number of hydrogen-bond donors (Lipinski definition) is 2. The van der Waals surface area contributed by atoms with Crippen LogP contribution >= 0.6 is 11.3 Å². The Morgan fingerprint density at radius 3 is 2.60 bits per heavy atom. The van der Waals surface area contributed by atoms with E-state index in [4.69, 9.17) is 5.21 Å². The van der Waals surface area contributed by atoms with Gasteiger partial charge in [-0.25, -0.2) is 0 Å². The molecule has 2 nitrogen and oxygen atoms in total. The van der Waals surface area contributed by atoms with Gasteiger partial charge in [-0.1, -0.05) is 13.8 Å². The highest BCUT2D eigenvalue weighted by molar-refractivity contribution is 7.14.